The molecule has 1 aromatic heterocycles. The molecule has 4 N–H and O–H groups in total. The summed E-state index contributed by atoms with van der Waals surface area (Å²) in [7, 11) is 0. The number of oxazole rings is 1. The molecule has 0 bridgehead atoms. The summed E-state index contributed by atoms with van der Waals surface area (Å²) in [6.07, 6.45) is 1.28. The molecule has 12 heteroatoms. The fourth-order valence-corrected chi connectivity index (χ4v) is 6.88. The van der Waals surface area contributed by atoms with Crippen LogP contribution in [0, 0.1) is 0 Å². The molecule has 0 unspecified atom stereocenters. The van der Waals surface area contributed by atoms with Gasteiger partial charge in [0.15, 0.2) is 18.0 Å². The first kappa shape index (κ1) is 35.3. The third-order valence-corrected chi connectivity index (χ3v) is 9.72. The van der Waals surface area contributed by atoms with Gasteiger partial charge in [0, 0.05) is 35.6 Å². The van der Waals surface area contributed by atoms with E-state index in [4.69, 9.17) is 4.42 Å². The molecule has 4 atom stereocenters. The molecule has 5 aromatic rings. The number of likely N-dealkylation sites (tertiary alicyclic amines) is 2. The maximum atomic E-state index is 13.2. The van der Waals surface area contributed by atoms with E-state index >= 15 is 0 Å². The van der Waals surface area contributed by atoms with Crippen molar-refractivity contribution in [3.05, 3.63) is 127 Å². The van der Waals surface area contributed by atoms with E-state index in [0.717, 1.165) is 5.56 Å². The van der Waals surface area contributed by atoms with Crippen LogP contribution in [0.4, 0.5) is 11.4 Å². The van der Waals surface area contributed by atoms with Crippen LogP contribution in [0.3, 0.4) is 0 Å². The van der Waals surface area contributed by atoms with Gasteiger partial charge in [-0.15, -0.1) is 0 Å². The number of rotatable bonds is 10. The molecular weight excluding hydrogens is 674 g/mol. The first-order valence-electron chi connectivity index (χ1n) is 17.6. The van der Waals surface area contributed by atoms with E-state index in [9.17, 15) is 29.4 Å². The highest BCUT2D eigenvalue weighted by Crippen LogP contribution is 2.30. The summed E-state index contributed by atoms with van der Waals surface area (Å²) in [6, 6.07) is 30.1. The van der Waals surface area contributed by atoms with Gasteiger partial charge in [0.05, 0.1) is 6.20 Å². The van der Waals surface area contributed by atoms with Crippen LogP contribution < -0.4 is 10.6 Å². The maximum Gasteiger partial charge on any atom is 0.256 e. The van der Waals surface area contributed by atoms with E-state index in [1.54, 1.807) is 109 Å². The maximum absolute atomic E-state index is 13.2. The minimum Gasteiger partial charge on any atom is -0.436 e. The zero-order chi connectivity index (χ0) is 36.9. The molecule has 2 saturated heterocycles. The molecule has 0 aliphatic carbocycles. The predicted octanol–water partition coefficient (Wildman–Crippen LogP) is 5.33. The molecule has 2 fully saturated rings. The quantitative estimate of drug-likeness (QED) is 0.151. The zero-order valence-corrected chi connectivity index (χ0v) is 28.8. The van der Waals surface area contributed by atoms with Crippen molar-refractivity contribution in [1.82, 2.24) is 14.8 Å². The normalized spacial score (nSPS) is 18.0. The van der Waals surface area contributed by atoms with Crippen LogP contribution in [0.25, 0.3) is 22.8 Å². The van der Waals surface area contributed by atoms with E-state index in [2.05, 4.69) is 15.6 Å². The lowest BCUT2D eigenvalue weighted by Crippen LogP contribution is -2.45. The Morgan fingerprint density at radius 1 is 0.623 bits per heavy atom. The van der Waals surface area contributed by atoms with E-state index in [-0.39, 0.29) is 11.8 Å². The summed E-state index contributed by atoms with van der Waals surface area (Å²) in [5.74, 6) is -0.732. The SMILES string of the molecule is O=C(Nc1ccc(-c2cnc(-c3ccc(NC(=O)[C@@H]4CCCN4C(=O)[C@@H](O)c4ccccc4)cc3)o2)cc1)[C@@H]1CCCN1C(=O)[C@@H](O)c1ccccc1. The number of carbonyl (C=O) groups is 4. The Bertz CT molecular complexity index is 1920. The van der Waals surface area contributed by atoms with Gasteiger partial charge in [-0.05, 0) is 85.3 Å². The topological polar surface area (TPSA) is 165 Å². The Kier molecular flexibility index (Phi) is 10.4. The van der Waals surface area contributed by atoms with Gasteiger partial charge in [-0.25, -0.2) is 4.98 Å². The van der Waals surface area contributed by atoms with Gasteiger partial charge in [0.25, 0.3) is 11.8 Å². The fourth-order valence-electron chi connectivity index (χ4n) is 6.88. The third kappa shape index (κ3) is 7.74. The summed E-state index contributed by atoms with van der Waals surface area (Å²) >= 11 is 0. The second-order valence-electron chi connectivity index (χ2n) is 13.2. The molecule has 270 valence electrons. The zero-order valence-electron chi connectivity index (χ0n) is 28.8. The highest BCUT2D eigenvalue weighted by Gasteiger charge is 2.38. The number of nitrogens with zero attached hydrogens (tertiary/aromatic N) is 3. The molecule has 4 amide bonds. The molecule has 0 radical (unpaired) electrons. The van der Waals surface area contributed by atoms with Crippen LogP contribution in [-0.2, 0) is 19.2 Å². The van der Waals surface area contributed by atoms with Crippen molar-refractivity contribution in [3.63, 3.8) is 0 Å². The molecule has 53 heavy (non-hydrogen) atoms. The summed E-state index contributed by atoms with van der Waals surface area (Å²) in [4.78, 5) is 59.8. The molecular formula is C41H39N5O7. The lowest BCUT2D eigenvalue weighted by atomic mass is 10.1. The monoisotopic (exact) mass is 713 g/mol. The summed E-state index contributed by atoms with van der Waals surface area (Å²) in [5.41, 5.74) is 3.50. The standard InChI is InChI=1S/C41H39N5O7/c47-35(27-9-3-1-4-10-27)40(51)45-23-7-13-32(45)37(49)43-30-19-15-26(16-20-30)34-25-42-39(53-34)29-17-21-31(22-18-29)44-38(50)33-14-8-24-46(33)41(52)36(48)28-11-5-2-6-12-28/h1-6,9-12,15-22,25,32-33,35-36,47-48H,7-8,13-14,23-24H2,(H,43,49)(H,44,50)/t32-,33-,35-,36-/m0/s1. The molecule has 0 saturated carbocycles. The molecule has 7 rings (SSSR count). The van der Waals surface area contributed by atoms with Crippen molar-refractivity contribution in [2.45, 2.75) is 50.0 Å². The Hall–Kier alpha value is -6.11. The van der Waals surface area contributed by atoms with Gasteiger partial charge in [0.1, 0.15) is 12.1 Å². The summed E-state index contributed by atoms with van der Waals surface area (Å²) in [5, 5.41) is 27.0. The smallest absolute Gasteiger partial charge is 0.256 e. The molecule has 2 aliphatic heterocycles. The van der Waals surface area contributed by atoms with E-state index in [1.807, 2.05) is 6.07 Å². The summed E-state index contributed by atoms with van der Waals surface area (Å²) < 4.78 is 6.04. The van der Waals surface area contributed by atoms with Crippen molar-refractivity contribution in [3.8, 4) is 22.8 Å². The first-order chi connectivity index (χ1) is 25.8. The average Bonchev–Trinajstić information content (AvgIpc) is 4.00. The minimum absolute atomic E-state index is 0.318. The van der Waals surface area contributed by atoms with Crippen LogP contribution in [0.1, 0.15) is 49.0 Å². The lowest BCUT2D eigenvalue weighted by Gasteiger charge is -2.26. The van der Waals surface area contributed by atoms with Gasteiger partial charge in [-0.3, -0.25) is 19.2 Å². The minimum atomic E-state index is -1.33. The lowest BCUT2D eigenvalue weighted by molar-refractivity contribution is -0.144. The van der Waals surface area contributed by atoms with Crippen molar-refractivity contribution >= 4 is 35.0 Å². The Labute approximate surface area is 306 Å². The Morgan fingerprint density at radius 3 is 1.51 bits per heavy atom. The number of aliphatic hydroxyl groups excluding tert-OH is 2. The number of aromatic nitrogens is 1. The number of nitrogens with one attached hydrogen (secondary N) is 2. The molecule has 4 aromatic carbocycles. The molecule has 12 nitrogen and oxygen atoms in total. The van der Waals surface area contributed by atoms with Crippen LogP contribution in [0.2, 0.25) is 0 Å². The van der Waals surface area contributed by atoms with Crippen molar-refractivity contribution in [2.75, 3.05) is 23.7 Å². The van der Waals surface area contributed by atoms with Gasteiger partial charge in [0.2, 0.25) is 17.7 Å². The Balaban J connectivity index is 0.938. The second-order valence-corrected chi connectivity index (χ2v) is 13.2. The van der Waals surface area contributed by atoms with E-state index in [1.165, 1.54) is 9.80 Å². The van der Waals surface area contributed by atoms with E-state index in [0.29, 0.717) is 78.5 Å². The van der Waals surface area contributed by atoms with Gasteiger partial charge < -0.3 is 35.1 Å². The number of anilines is 2. The van der Waals surface area contributed by atoms with Crippen molar-refractivity contribution in [2.24, 2.45) is 0 Å². The van der Waals surface area contributed by atoms with Crippen LogP contribution in [0.15, 0.2) is 120 Å². The van der Waals surface area contributed by atoms with Gasteiger partial charge >= 0.3 is 0 Å². The number of amides is 4. The largest absolute Gasteiger partial charge is 0.436 e. The predicted molar refractivity (Wildman–Crippen MR) is 197 cm³/mol. The molecule has 3 heterocycles. The van der Waals surface area contributed by atoms with Crippen LogP contribution in [-0.4, -0.2) is 73.8 Å². The Morgan fingerprint density at radius 2 is 1.06 bits per heavy atom. The van der Waals surface area contributed by atoms with Gasteiger partial charge in [-0.1, -0.05) is 60.7 Å². The van der Waals surface area contributed by atoms with Crippen LogP contribution >= 0.6 is 0 Å². The molecule has 2 aliphatic rings. The summed E-state index contributed by atoms with van der Waals surface area (Å²) in [6.45, 7) is 0.792. The number of hydrogen-bond donors (Lipinski definition) is 4. The van der Waals surface area contributed by atoms with Crippen molar-refractivity contribution in [1.29, 1.82) is 0 Å². The third-order valence-electron chi connectivity index (χ3n) is 9.72. The second kappa shape index (κ2) is 15.6. The molecule has 0 spiro atoms. The number of carbonyl (C=O) groups excluding carboxylic acids is 4. The van der Waals surface area contributed by atoms with Crippen molar-refractivity contribution < 1.29 is 33.8 Å². The fraction of sp³-hybridized carbons (Fsp3) is 0.244. The number of aliphatic hydroxyl groups is 2. The first-order valence-corrected chi connectivity index (χ1v) is 17.6. The highest BCUT2D eigenvalue weighted by atomic mass is 16.4. The van der Waals surface area contributed by atoms with E-state index < -0.39 is 36.1 Å². The highest BCUT2D eigenvalue weighted by molar-refractivity contribution is 5.99. The van der Waals surface area contributed by atoms with Gasteiger partial charge in [-0.2, -0.15) is 0 Å². The number of benzene rings is 4. The average molecular weight is 714 g/mol. The number of hydrogen-bond acceptors (Lipinski definition) is 8. The van der Waals surface area contributed by atoms with Crippen LogP contribution in [0.5, 0.6) is 0 Å².